The first-order valence-corrected chi connectivity index (χ1v) is 6.17. The van der Waals surface area contributed by atoms with Gasteiger partial charge in [0.2, 0.25) is 0 Å². The number of benzene rings is 1. The summed E-state index contributed by atoms with van der Waals surface area (Å²) in [7, 11) is 2.03. The van der Waals surface area contributed by atoms with E-state index in [1.54, 1.807) is 11.3 Å². The first-order chi connectivity index (χ1) is 6.77. The van der Waals surface area contributed by atoms with E-state index < -0.39 is 0 Å². The molecule has 0 atom stereocenters. The molecule has 0 aliphatic rings. The molecule has 0 aliphatic carbocycles. The van der Waals surface area contributed by atoms with Crippen molar-refractivity contribution in [3.63, 3.8) is 0 Å². The van der Waals surface area contributed by atoms with Crippen molar-refractivity contribution >= 4 is 45.4 Å². The average Bonchev–Trinajstić information content (AvgIpc) is 2.71. The molecule has 1 heterocycles. The third-order valence-electron chi connectivity index (χ3n) is 1.98. The molecule has 0 unspecified atom stereocenters. The van der Waals surface area contributed by atoms with E-state index in [0.717, 1.165) is 11.5 Å². The van der Waals surface area contributed by atoms with Gasteiger partial charge in [-0.05, 0) is 46.9 Å². The largest absolute Gasteiger partial charge is 0.329 e. The lowest BCUT2D eigenvalue weighted by atomic mass is 10.3. The van der Waals surface area contributed by atoms with E-state index in [-0.39, 0.29) is 0 Å². The van der Waals surface area contributed by atoms with E-state index in [1.807, 2.05) is 17.9 Å². The predicted molar refractivity (Wildman–Crippen MR) is 69.3 cm³/mol. The van der Waals surface area contributed by atoms with Crippen molar-refractivity contribution in [2.24, 2.45) is 0 Å². The summed E-state index contributed by atoms with van der Waals surface area (Å²) in [5.74, 6) is 0.996. The highest BCUT2D eigenvalue weighted by Crippen LogP contribution is 2.23. The number of thiazole rings is 1. The second-order valence-corrected chi connectivity index (χ2v) is 4.85. The number of nitrogens with zero attached hydrogens (tertiary/aromatic N) is 2. The maximum atomic E-state index is 4.26. The van der Waals surface area contributed by atoms with Crippen molar-refractivity contribution in [3.05, 3.63) is 38.7 Å². The van der Waals surface area contributed by atoms with Gasteiger partial charge < -0.3 is 4.90 Å². The minimum Gasteiger partial charge on any atom is -0.329 e. The van der Waals surface area contributed by atoms with E-state index in [4.69, 9.17) is 0 Å². The van der Waals surface area contributed by atoms with Crippen LogP contribution in [0.3, 0.4) is 0 Å². The molecule has 0 saturated carbocycles. The fourth-order valence-electron chi connectivity index (χ4n) is 1.17. The number of anilines is 2. The summed E-state index contributed by atoms with van der Waals surface area (Å²) >= 11 is 3.91. The van der Waals surface area contributed by atoms with Crippen molar-refractivity contribution in [1.29, 1.82) is 0 Å². The zero-order chi connectivity index (χ0) is 9.97. The standard InChI is InChI=1S/C10H9IN2S/c1-13(10-6-14-7-12-10)9-4-2-8(11)3-5-9/h2-7H,1H3. The highest BCUT2D eigenvalue weighted by atomic mass is 127. The second-order valence-electron chi connectivity index (χ2n) is 2.88. The van der Waals surface area contributed by atoms with Crippen molar-refractivity contribution in [3.8, 4) is 0 Å². The van der Waals surface area contributed by atoms with Gasteiger partial charge in [0.1, 0.15) is 5.82 Å². The molecule has 0 aliphatic heterocycles. The summed E-state index contributed by atoms with van der Waals surface area (Å²) in [6.07, 6.45) is 0. The van der Waals surface area contributed by atoms with Crippen LogP contribution in [0.1, 0.15) is 0 Å². The highest BCUT2D eigenvalue weighted by Gasteiger charge is 2.04. The first kappa shape index (κ1) is 9.92. The highest BCUT2D eigenvalue weighted by molar-refractivity contribution is 14.1. The van der Waals surface area contributed by atoms with Crippen LogP contribution in [0.2, 0.25) is 0 Å². The Labute approximate surface area is 101 Å². The number of hydrogen-bond acceptors (Lipinski definition) is 3. The molecule has 1 aromatic heterocycles. The molecule has 0 fully saturated rings. The number of rotatable bonds is 2. The Morgan fingerprint density at radius 1 is 1.29 bits per heavy atom. The van der Waals surface area contributed by atoms with Crippen molar-refractivity contribution in [1.82, 2.24) is 4.98 Å². The normalized spacial score (nSPS) is 10.1. The van der Waals surface area contributed by atoms with Crippen molar-refractivity contribution < 1.29 is 0 Å². The molecular weight excluding hydrogens is 307 g/mol. The molecule has 0 N–H and O–H groups in total. The van der Waals surface area contributed by atoms with Crippen LogP contribution < -0.4 is 4.90 Å². The van der Waals surface area contributed by atoms with Gasteiger partial charge >= 0.3 is 0 Å². The van der Waals surface area contributed by atoms with E-state index in [2.05, 4.69) is 56.7 Å². The molecule has 0 amide bonds. The van der Waals surface area contributed by atoms with Crippen molar-refractivity contribution in [2.75, 3.05) is 11.9 Å². The van der Waals surface area contributed by atoms with Crippen LogP contribution in [0.25, 0.3) is 0 Å². The Kier molecular flexibility index (Phi) is 3.02. The van der Waals surface area contributed by atoms with Crippen LogP contribution in [0.5, 0.6) is 0 Å². The molecule has 14 heavy (non-hydrogen) atoms. The Balaban J connectivity index is 2.28. The van der Waals surface area contributed by atoms with Gasteiger partial charge in [0, 0.05) is 21.7 Å². The molecule has 72 valence electrons. The van der Waals surface area contributed by atoms with Gasteiger partial charge in [0.15, 0.2) is 0 Å². The molecule has 0 radical (unpaired) electrons. The average molecular weight is 316 g/mol. The van der Waals surface area contributed by atoms with Crippen LogP contribution in [-0.4, -0.2) is 12.0 Å². The number of halogens is 1. The lowest BCUT2D eigenvalue weighted by Crippen LogP contribution is -2.09. The summed E-state index contributed by atoms with van der Waals surface area (Å²) in [5, 5.41) is 2.04. The van der Waals surface area contributed by atoms with E-state index >= 15 is 0 Å². The third-order valence-corrected chi connectivity index (χ3v) is 3.27. The summed E-state index contributed by atoms with van der Waals surface area (Å²) in [4.78, 5) is 6.33. The Bertz CT molecular complexity index is 397. The molecule has 2 aromatic rings. The quantitative estimate of drug-likeness (QED) is 0.788. The lowest BCUT2D eigenvalue weighted by molar-refractivity contribution is 1.15. The summed E-state index contributed by atoms with van der Waals surface area (Å²) in [6.45, 7) is 0. The fraction of sp³-hybridized carbons (Fsp3) is 0.100. The van der Waals surface area contributed by atoms with Gasteiger partial charge in [0.25, 0.3) is 0 Å². The molecule has 1 aromatic carbocycles. The molecule has 0 bridgehead atoms. The molecule has 2 rings (SSSR count). The number of hydrogen-bond donors (Lipinski definition) is 0. The van der Waals surface area contributed by atoms with Gasteiger partial charge in [-0.1, -0.05) is 0 Å². The van der Waals surface area contributed by atoms with Crippen LogP contribution in [0.4, 0.5) is 11.5 Å². The SMILES string of the molecule is CN(c1ccc(I)cc1)c1cscn1. The Hall–Kier alpha value is -0.620. The van der Waals surface area contributed by atoms with Gasteiger partial charge in [-0.15, -0.1) is 11.3 Å². The zero-order valence-corrected chi connectivity index (χ0v) is 10.6. The van der Waals surface area contributed by atoms with Crippen LogP contribution in [-0.2, 0) is 0 Å². The minimum atomic E-state index is 0.996. The van der Waals surface area contributed by atoms with Crippen LogP contribution >= 0.6 is 33.9 Å². The molecule has 2 nitrogen and oxygen atoms in total. The topological polar surface area (TPSA) is 16.1 Å². The van der Waals surface area contributed by atoms with E-state index in [0.29, 0.717) is 0 Å². The molecule has 0 saturated heterocycles. The Morgan fingerprint density at radius 3 is 2.57 bits per heavy atom. The maximum absolute atomic E-state index is 4.26. The summed E-state index contributed by atoms with van der Waals surface area (Å²) in [5.41, 5.74) is 3.01. The van der Waals surface area contributed by atoms with Gasteiger partial charge in [-0.3, -0.25) is 0 Å². The second kappa shape index (κ2) is 4.27. The van der Waals surface area contributed by atoms with Gasteiger partial charge in [-0.25, -0.2) is 4.98 Å². The molecule has 4 heteroatoms. The van der Waals surface area contributed by atoms with E-state index in [1.165, 1.54) is 3.57 Å². The van der Waals surface area contributed by atoms with Crippen LogP contribution in [0.15, 0.2) is 35.2 Å². The van der Waals surface area contributed by atoms with Gasteiger partial charge in [0.05, 0.1) is 5.51 Å². The van der Waals surface area contributed by atoms with Gasteiger partial charge in [-0.2, -0.15) is 0 Å². The first-order valence-electron chi connectivity index (χ1n) is 4.15. The fourth-order valence-corrected chi connectivity index (χ4v) is 2.10. The summed E-state index contributed by atoms with van der Waals surface area (Å²) in [6, 6.07) is 8.39. The monoisotopic (exact) mass is 316 g/mol. The Morgan fingerprint density at radius 2 is 2.00 bits per heavy atom. The lowest BCUT2D eigenvalue weighted by Gasteiger charge is -2.15. The maximum Gasteiger partial charge on any atom is 0.143 e. The molecule has 0 spiro atoms. The van der Waals surface area contributed by atoms with E-state index in [9.17, 15) is 0 Å². The minimum absolute atomic E-state index is 0.996. The molecular formula is C10H9IN2S. The summed E-state index contributed by atoms with van der Waals surface area (Å²) < 4.78 is 1.25. The van der Waals surface area contributed by atoms with Crippen LogP contribution in [0, 0.1) is 3.57 Å². The zero-order valence-electron chi connectivity index (χ0n) is 7.64. The number of aromatic nitrogens is 1. The van der Waals surface area contributed by atoms with Crippen molar-refractivity contribution in [2.45, 2.75) is 0 Å². The predicted octanol–water partition coefficient (Wildman–Crippen LogP) is 3.52. The smallest absolute Gasteiger partial charge is 0.143 e. The third kappa shape index (κ3) is 2.06.